The normalized spacial score (nSPS) is 11.8. The van der Waals surface area contributed by atoms with E-state index in [4.69, 9.17) is 0 Å². The lowest BCUT2D eigenvalue weighted by atomic mass is 9.95. The van der Waals surface area contributed by atoms with Crippen LogP contribution in [0.25, 0.3) is 54.5 Å². The van der Waals surface area contributed by atoms with E-state index in [1.54, 1.807) is 97.6 Å². The summed E-state index contributed by atoms with van der Waals surface area (Å²) < 4.78 is 188. The number of sulfonamides is 5. The third kappa shape index (κ3) is 20.4. The largest absolute Gasteiger partial charge is 0.281 e. The Hall–Kier alpha value is -11.4. The van der Waals surface area contributed by atoms with Crippen molar-refractivity contribution < 1.29 is 59.3 Å². The SMILES string of the molecule is CC(C)CS(=O)(=O)Nc1cccc2cccnc12.CCCc1ccc(S(=O)(=O)Nc2cccc3cccnc23)cc1.CS(=O)(=O)c1ccc(S(=O)(=O)Nc2cccc3cccnc23)cc1.Cc1c(C)c(C)c(S(=O)(=O)Nc2cccc3cccnc23)c(C)c1C.O=S(=O)(Nc1cccc2cccnc12)c1c(F)cccc1F. The van der Waals surface area contributed by atoms with Crippen molar-refractivity contribution in [2.75, 3.05) is 35.6 Å². The highest BCUT2D eigenvalue weighted by atomic mass is 32.2. The molecule has 9 aromatic carbocycles. The fourth-order valence-electron chi connectivity index (χ4n) is 12.0. The van der Waals surface area contributed by atoms with Gasteiger partial charge in [0.15, 0.2) is 14.7 Å². The molecule has 22 nitrogen and oxygen atoms in total. The summed E-state index contributed by atoms with van der Waals surface area (Å²) in [5, 5.41) is 4.22. The maximum Gasteiger partial charge on any atom is 0.267 e. The molecule has 30 heteroatoms. The summed E-state index contributed by atoms with van der Waals surface area (Å²) in [6, 6.07) is 59.6. The second kappa shape index (κ2) is 35.3. The molecule has 0 aliphatic rings. The Morgan fingerprint density at radius 2 is 0.589 bits per heavy atom. The highest BCUT2D eigenvalue weighted by Gasteiger charge is 2.27. The molecule has 0 aliphatic carbocycles. The van der Waals surface area contributed by atoms with E-state index in [0.29, 0.717) is 60.6 Å². The van der Waals surface area contributed by atoms with Gasteiger partial charge in [-0.1, -0.05) is 136 Å². The number of sulfone groups is 1. The van der Waals surface area contributed by atoms with Gasteiger partial charge in [0, 0.05) is 64.2 Å². The topological polar surface area (TPSA) is 329 Å². The Morgan fingerprint density at radius 1 is 0.321 bits per heavy atom. The smallest absolute Gasteiger partial charge is 0.267 e. The number of hydrogen-bond donors (Lipinski definition) is 5. The maximum atomic E-state index is 13.7. The summed E-state index contributed by atoms with van der Waals surface area (Å²) in [6.45, 7) is 15.5. The number of para-hydroxylation sites is 5. The third-order valence-corrected chi connectivity index (χ3v) is 26.3. The molecule has 14 rings (SSSR count). The predicted molar refractivity (Wildman–Crippen MR) is 441 cm³/mol. The molecule has 0 fully saturated rings. The number of aromatic nitrogens is 5. The van der Waals surface area contributed by atoms with Crippen LogP contribution < -0.4 is 23.6 Å². The van der Waals surface area contributed by atoms with Crippen molar-refractivity contribution in [3.05, 3.63) is 294 Å². The lowest BCUT2D eigenvalue weighted by molar-refractivity contribution is 0.521. The van der Waals surface area contributed by atoms with E-state index in [-0.39, 0.29) is 32.0 Å². The molecular formula is C82H80F2N10O12S6. The second-order valence-corrected chi connectivity index (χ2v) is 36.6. The van der Waals surface area contributed by atoms with Gasteiger partial charge in [-0.15, -0.1) is 0 Å². The number of nitrogens with one attached hydrogen (secondary N) is 5. The minimum absolute atomic E-state index is 0.0252. The van der Waals surface area contributed by atoms with Crippen LogP contribution in [0.15, 0.2) is 274 Å². The highest BCUT2D eigenvalue weighted by molar-refractivity contribution is 7.94. The van der Waals surface area contributed by atoms with Crippen LogP contribution in [0, 0.1) is 52.2 Å². The van der Waals surface area contributed by atoms with Gasteiger partial charge in [0.25, 0.3) is 40.1 Å². The van der Waals surface area contributed by atoms with Crippen LogP contribution >= 0.6 is 0 Å². The number of rotatable bonds is 19. The van der Waals surface area contributed by atoms with E-state index in [1.165, 1.54) is 36.5 Å². The fourth-order valence-corrected chi connectivity index (χ4v) is 19.1. The van der Waals surface area contributed by atoms with Crippen LogP contribution in [0.4, 0.5) is 37.2 Å². The third-order valence-electron chi connectivity index (χ3n) is 17.7. The van der Waals surface area contributed by atoms with Crippen molar-refractivity contribution in [3.63, 3.8) is 0 Å². The molecule has 5 aromatic heterocycles. The van der Waals surface area contributed by atoms with E-state index >= 15 is 0 Å². The summed E-state index contributed by atoms with van der Waals surface area (Å²) in [4.78, 5) is 20.7. The summed E-state index contributed by atoms with van der Waals surface area (Å²) in [5.41, 5.74) is 10.8. The Morgan fingerprint density at radius 3 is 0.902 bits per heavy atom. The van der Waals surface area contributed by atoms with Crippen molar-refractivity contribution in [1.82, 2.24) is 24.9 Å². The zero-order valence-electron chi connectivity index (χ0n) is 62.2. The molecule has 0 bridgehead atoms. The van der Waals surface area contributed by atoms with Crippen molar-refractivity contribution in [3.8, 4) is 0 Å². The minimum atomic E-state index is -4.41. The van der Waals surface area contributed by atoms with Gasteiger partial charge in [-0.05, 0) is 190 Å². The van der Waals surface area contributed by atoms with E-state index in [0.717, 1.165) is 92.2 Å². The van der Waals surface area contributed by atoms with Gasteiger partial charge in [0.2, 0.25) is 10.0 Å². The van der Waals surface area contributed by atoms with Gasteiger partial charge in [0.1, 0.15) is 11.6 Å². The average molecular weight is 1630 g/mol. The molecular weight excluding hydrogens is 1550 g/mol. The molecule has 0 unspecified atom stereocenters. The molecule has 0 aliphatic heterocycles. The monoisotopic (exact) mass is 1630 g/mol. The van der Waals surface area contributed by atoms with E-state index in [9.17, 15) is 59.3 Å². The lowest BCUT2D eigenvalue weighted by Gasteiger charge is -2.19. The van der Waals surface area contributed by atoms with Crippen molar-refractivity contribution in [2.24, 2.45) is 5.92 Å². The van der Waals surface area contributed by atoms with Gasteiger partial charge in [0.05, 0.1) is 81.4 Å². The predicted octanol–water partition coefficient (Wildman–Crippen LogP) is 17.0. The molecule has 0 radical (unpaired) electrons. The van der Waals surface area contributed by atoms with Crippen molar-refractivity contribution in [2.45, 2.75) is 92.7 Å². The summed E-state index contributed by atoms with van der Waals surface area (Å²) in [7, 11) is -22.3. The van der Waals surface area contributed by atoms with E-state index < -0.39 is 76.5 Å². The molecule has 0 atom stereocenters. The van der Waals surface area contributed by atoms with Crippen molar-refractivity contribution >= 4 is 143 Å². The standard InChI is InChI=1S/C20H22N2O2S.C18H18N2O2S.C16H14N2O4S2.C15H10F2N2O2S.C13H16N2O2S/c1-12-13(2)15(4)20(16(5)14(12)3)25(23,24)22-18-10-6-8-17-9-7-11-21-19(17)18;1-2-5-14-9-11-16(12-10-14)23(21,22)20-17-8-3-6-15-7-4-13-19-18(15)17;1-23(19,20)13-7-9-14(10-8-13)24(21,22)18-15-6-2-4-12-5-3-11-17-16(12)15;16-11-6-2-7-12(17)15(11)22(20,21)19-13-8-1-4-10-5-3-9-18-14(10)13;1-10(2)9-18(16,17)15-12-7-3-5-11-6-4-8-14-13(11)12/h6-11,22H,1-5H3;3-4,6-13,20H,2,5H2,1H3;2-11,18H,1H3;1-9,19H;3-8,10,15H,9H2,1-2H3. The molecule has 0 saturated heterocycles. The second-order valence-electron chi connectivity index (χ2n) is 26.2. The minimum Gasteiger partial charge on any atom is -0.281 e. The Bertz CT molecular complexity index is 6480. The Balaban J connectivity index is 0.000000149. The quantitative estimate of drug-likeness (QED) is 0.0502. The first-order chi connectivity index (χ1) is 53.1. The summed E-state index contributed by atoms with van der Waals surface area (Å²) in [6.07, 6.45) is 11.1. The van der Waals surface area contributed by atoms with Gasteiger partial charge < -0.3 is 0 Å². The summed E-state index contributed by atoms with van der Waals surface area (Å²) in [5.74, 6) is -2.11. The number of nitrogens with zero attached hydrogens (tertiary/aromatic N) is 5. The molecule has 14 aromatic rings. The first-order valence-electron chi connectivity index (χ1n) is 34.8. The number of hydrogen-bond acceptors (Lipinski definition) is 17. The maximum absolute atomic E-state index is 13.7. The number of halogens is 2. The van der Waals surface area contributed by atoms with Crippen LogP contribution in [-0.2, 0) is 66.4 Å². The van der Waals surface area contributed by atoms with Crippen LogP contribution in [0.2, 0.25) is 0 Å². The van der Waals surface area contributed by atoms with Gasteiger partial charge in [-0.3, -0.25) is 48.5 Å². The van der Waals surface area contributed by atoms with Gasteiger partial charge >= 0.3 is 0 Å². The number of pyridine rings is 5. The van der Waals surface area contributed by atoms with Crippen molar-refractivity contribution in [1.29, 1.82) is 0 Å². The highest BCUT2D eigenvalue weighted by Crippen LogP contribution is 2.34. The zero-order valence-corrected chi connectivity index (χ0v) is 67.1. The zero-order chi connectivity index (χ0) is 80.9. The lowest BCUT2D eigenvalue weighted by Crippen LogP contribution is -2.20. The number of benzene rings is 9. The average Bonchev–Trinajstić information content (AvgIpc) is 0.758. The molecule has 0 spiro atoms. The first kappa shape index (κ1) is 83.1. The van der Waals surface area contributed by atoms with E-state index in [2.05, 4.69) is 55.5 Å². The van der Waals surface area contributed by atoms with Crippen LogP contribution in [-0.4, -0.2) is 87.4 Å². The molecule has 0 amide bonds. The van der Waals surface area contributed by atoms with Crippen LogP contribution in [0.5, 0.6) is 0 Å². The van der Waals surface area contributed by atoms with Gasteiger partial charge in [-0.2, -0.15) is 0 Å². The number of fused-ring (bicyclic) bond motifs is 5. The first-order valence-corrected chi connectivity index (χ1v) is 44.3. The molecule has 580 valence electrons. The van der Waals surface area contributed by atoms with Crippen LogP contribution in [0.3, 0.4) is 0 Å². The van der Waals surface area contributed by atoms with Crippen LogP contribution in [0.1, 0.15) is 60.6 Å². The van der Waals surface area contributed by atoms with Gasteiger partial charge in [-0.25, -0.2) is 59.3 Å². The van der Waals surface area contributed by atoms with E-state index in [1.807, 2.05) is 146 Å². The molecule has 5 heterocycles. The number of anilines is 5. The fraction of sp³-hybridized carbons (Fsp3) is 0.159. The molecule has 5 N–H and O–H groups in total. The molecule has 0 saturated carbocycles. The summed E-state index contributed by atoms with van der Waals surface area (Å²) >= 11 is 0. The Kier molecular flexibility index (Phi) is 26.2. The molecule has 112 heavy (non-hydrogen) atoms. The Labute approximate surface area is 651 Å². The number of aryl methyl sites for hydroxylation is 1.